The van der Waals surface area contributed by atoms with Gasteiger partial charge in [-0.3, -0.25) is 4.68 Å². The van der Waals surface area contributed by atoms with Gasteiger partial charge in [-0.25, -0.2) is 4.98 Å². The number of pyridine rings is 1. The number of benzene rings is 3. The minimum absolute atomic E-state index is 0.400. The van der Waals surface area contributed by atoms with Gasteiger partial charge in [0.05, 0.1) is 16.6 Å². The highest BCUT2D eigenvalue weighted by Crippen LogP contribution is 2.40. The van der Waals surface area contributed by atoms with Crippen molar-refractivity contribution in [3.63, 3.8) is 0 Å². The van der Waals surface area contributed by atoms with Gasteiger partial charge in [-0.2, -0.15) is 5.10 Å². The number of aromatic nitrogens is 3. The average Bonchev–Trinajstić information content (AvgIpc) is 3.30. The first-order valence-electron chi connectivity index (χ1n) is 11.9. The third-order valence-corrected chi connectivity index (χ3v) is 6.97. The summed E-state index contributed by atoms with van der Waals surface area (Å²) >= 11 is 13.0. The van der Waals surface area contributed by atoms with Gasteiger partial charge in [0.1, 0.15) is 11.5 Å². The molecule has 0 bridgehead atoms. The van der Waals surface area contributed by atoms with E-state index in [0.717, 1.165) is 39.9 Å². The fourth-order valence-electron chi connectivity index (χ4n) is 4.37. The smallest absolute Gasteiger partial charge is 0.132 e. The first-order chi connectivity index (χ1) is 17.9. The maximum atomic E-state index is 6.66. The molecule has 0 aliphatic heterocycles. The van der Waals surface area contributed by atoms with Gasteiger partial charge in [-0.05, 0) is 42.9 Å². The second-order valence-electron chi connectivity index (χ2n) is 9.27. The molecular weight excluding hydrogens is 501 g/mol. The summed E-state index contributed by atoms with van der Waals surface area (Å²) in [5, 5.41) is 5.92. The Labute approximate surface area is 227 Å². The summed E-state index contributed by atoms with van der Waals surface area (Å²) < 4.78 is 1.90. The maximum absolute atomic E-state index is 6.66. The summed E-state index contributed by atoms with van der Waals surface area (Å²) in [5.74, 6) is 0.400. The van der Waals surface area contributed by atoms with E-state index in [0.29, 0.717) is 28.1 Å². The molecule has 186 valence electrons. The van der Waals surface area contributed by atoms with Crippen molar-refractivity contribution in [2.45, 2.75) is 13.1 Å². The van der Waals surface area contributed by atoms with E-state index in [4.69, 9.17) is 34.0 Å². The SMILES string of the molecule is CN(C)Cc1ccc(-c2cnc(N)c(-c3nn(Cc4ccccc4)cc3-c3cccc(Cl)c3Cl)c2)cc1. The van der Waals surface area contributed by atoms with Crippen LogP contribution >= 0.6 is 23.2 Å². The molecular formula is C30H27Cl2N5. The van der Waals surface area contributed by atoms with E-state index in [2.05, 4.69) is 60.4 Å². The molecule has 5 rings (SSSR count). The van der Waals surface area contributed by atoms with Crippen LogP contribution < -0.4 is 5.73 Å². The van der Waals surface area contributed by atoms with E-state index in [1.165, 1.54) is 5.56 Å². The summed E-state index contributed by atoms with van der Waals surface area (Å²) in [7, 11) is 4.12. The van der Waals surface area contributed by atoms with E-state index in [1.54, 1.807) is 12.3 Å². The molecule has 0 spiro atoms. The highest BCUT2D eigenvalue weighted by Gasteiger charge is 2.20. The molecule has 2 aromatic heterocycles. The molecule has 2 heterocycles. The molecule has 0 aliphatic carbocycles. The molecule has 5 aromatic rings. The number of hydrogen-bond acceptors (Lipinski definition) is 4. The van der Waals surface area contributed by atoms with Crippen LogP contribution in [-0.2, 0) is 13.1 Å². The zero-order chi connectivity index (χ0) is 25.9. The van der Waals surface area contributed by atoms with Crippen molar-refractivity contribution in [3.8, 4) is 33.5 Å². The molecule has 0 saturated heterocycles. The average molecular weight is 528 g/mol. The second kappa shape index (κ2) is 10.8. The lowest BCUT2D eigenvalue weighted by Crippen LogP contribution is -2.10. The van der Waals surface area contributed by atoms with Gasteiger partial charge in [0.15, 0.2) is 0 Å². The normalized spacial score (nSPS) is 11.3. The van der Waals surface area contributed by atoms with Crippen LogP contribution in [-0.4, -0.2) is 33.8 Å². The first kappa shape index (κ1) is 25.0. The number of hydrogen-bond donors (Lipinski definition) is 1. The summed E-state index contributed by atoms with van der Waals surface area (Å²) in [4.78, 5) is 6.68. The lowest BCUT2D eigenvalue weighted by atomic mass is 9.99. The molecule has 2 N–H and O–H groups in total. The number of anilines is 1. The summed E-state index contributed by atoms with van der Waals surface area (Å²) in [5.41, 5.74) is 13.9. The van der Waals surface area contributed by atoms with Gasteiger partial charge in [0, 0.05) is 41.2 Å². The molecule has 5 nitrogen and oxygen atoms in total. The van der Waals surface area contributed by atoms with Crippen LogP contribution in [0, 0.1) is 0 Å². The lowest BCUT2D eigenvalue weighted by molar-refractivity contribution is 0.402. The van der Waals surface area contributed by atoms with Crippen LogP contribution in [0.15, 0.2) is 91.3 Å². The van der Waals surface area contributed by atoms with Crippen molar-refractivity contribution in [1.82, 2.24) is 19.7 Å². The molecule has 0 unspecified atom stereocenters. The lowest BCUT2D eigenvalue weighted by Gasteiger charge is -2.12. The molecule has 0 aliphatic rings. The number of nitrogen functional groups attached to an aromatic ring is 1. The number of rotatable bonds is 7. The predicted molar refractivity (Wildman–Crippen MR) is 154 cm³/mol. The summed E-state index contributed by atoms with van der Waals surface area (Å²) in [6.07, 6.45) is 3.79. The van der Waals surface area contributed by atoms with Crippen LogP contribution in [0.1, 0.15) is 11.1 Å². The number of nitrogens with zero attached hydrogens (tertiary/aromatic N) is 4. The summed E-state index contributed by atoms with van der Waals surface area (Å²) in [6.45, 7) is 1.49. The molecule has 0 atom stereocenters. The highest BCUT2D eigenvalue weighted by molar-refractivity contribution is 6.43. The van der Waals surface area contributed by atoms with Crippen molar-refractivity contribution < 1.29 is 0 Å². The third-order valence-electron chi connectivity index (χ3n) is 6.15. The van der Waals surface area contributed by atoms with Crippen molar-refractivity contribution in [3.05, 3.63) is 112 Å². The first-order valence-corrected chi connectivity index (χ1v) is 12.7. The van der Waals surface area contributed by atoms with Crippen molar-refractivity contribution >= 4 is 29.0 Å². The van der Waals surface area contributed by atoms with Gasteiger partial charge < -0.3 is 10.6 Å². The zero-order valence-corrected chi connectivity index (χ0v) is 22.2. The molecule has 0 saturated carbocycles. The Kier molecular flexibility index (Phi) is 7.28. The van der Waals surface area contributed by atoms with Gasteiger partial charge in [-0.15, -0.1) is 0 Å². The van der Waals surface area contributed by atoms with Gasteiger partial charge in [0.2, 0.25) is 0 Å². The topological polar surface area (TPSA) is 60.0 Å². The van der Waals surface area contributed by atoms with Crippen LogP contribution in [0.4, 0.5) is 5.82 Å². The van der Waals surface area contributed by atoms with Gasteiger partial charge in [-0.1, -0.05) is 89.9 Å². The Bertz CT molecular complexity index is 1530. The fourth-order valence-corrected chi connectivity index (χ4v) is 4.77. The van der Waals surface area contributed by atoms with E-state index >= 15 is 0 Å². The standard InChI is InChI=1S/C30H27Cl2N5/c1-36(2)17-21-11-13-22(14-12-21)23-15-25(30(33)34-16-23)29-26(24-9-6-10-27(31)28(24)32)19-37(35-29)18-20-7-4-3-5-8-20/h3-16,19H,17-18H2,1-2H3,(H2,33,34). The predicted octanol–water partition coefficient (Wildman–Crippen LogP) is 7.28. The van der Waals surface area contributed by atoms with Gasteiger partial charge in [0.25, 0.3) is 0 Å². The van der Waals surface area contributed by atoms with E-state index in [9.17, 15) is 0 Å². The van der Waals surface area contributed by atoms with E-state index in [-0.39, 0.29) is 0 Å². The second-order valence-corrected chi connectivity index (χ2v) is 10.1. The Hall–Kier alpha value is -3.64. The molecule has 0 fully saturated rings. The quantitative estimate of drug-likeness (QED) is 0.241. The maximum Gasteiger partial charge on any atom is 0.132 e. The Morgan fingerprint density at radius 3 is 2.30 bits per heavy atom. The Morgan fingerprint density at radius 2 is 1.57 bits per heavy atom. The van der Waals surface area contributed by atoms with Crippen molar-refractivity contribution in [2.24, 2.45) is 0 Å². The van der Waals surface area contributed by atoms with Crippen LogP contribution in [0.5, 0.6) is 0 Å². The Morgan fingerprint density at radius 1 is 0.811 bits per heavy atom. The number of halogens is 2. The number of nitrogens with two attached hydrogens (primary N) is 1. The van der Waals surface area contributed by atoms with Crippen LogP contribution in [0.25, 0.3) is 33.5 Å². The molecule has 0 amide bonds. The monoisotopic (exact) mass is 527 g/mol. The largest absolute Gasteiger partial charge is 0.383 e. The zero-order valence-electron chi connectivity index (χ0n) is 20.7. The third kappa shape index (κ3) is 5.54. The van der Waals surface area contributed by atoms with Crippen molar-refractivity contribution in [1.29, 1.82) is 0 Å². The molecule has 7 heteroatoms. The van der Waals surface area contributed by atoms with Gasteiger partial charge >= 0.3 is 0 Å². The van der Waals surface area contributed by atoms with E-state index < -0.39 is 0 Å². The highest BCUT2D eigenvalue weighted by atomic mass is 35.5. The minimum Gasteiger partial charge on any atom is -0.383 e. The Balaban J connectivity index is 1.61. The molecule has 37 heavy (non-hydrogen) atoms. The molecule has 3 aromatic carbocycles. The fraction of sp³-hybridized carbons (Fsp3) is 0.133. The molecule has 0 radical (unpaired) electrons. The van der Waals surface area contributed by atoms with E-state index in [1.807, 2.05) is 47.3 Å². The summed E-state index contributed by atoms with van der Waals surface area (Å²) in [6, 6.07) is 26.3. The minimum atomic E-state index is 0.400. The van der Waals surface area contributed by atoms with Crippen LogP contribution in [0.2, 0.25) is 10.0 Å². The van der Waals surface area contributed by atoms with Crippen LogP contribution in [0.3, 0.4) is 0 Å². The van der Waals surface area contributed by atoms with Crippen molar-refractivity contribution in [2.75, 3.05) is 19.8 Å².